The lowest BCUT2D eigenvalue weighted by molar-refractivity contribution is 0.0690. The van der Waals surface area contributed by atoms with Gasteiger partial charge >= 0.3 is 5.97 Å². The molecule has 1 N–H and O–H groups in total. The van der Waals surface area contributed by atoms with Crippen molar-refractivity contribution in [3.63, 3.8) is 0 Å². The topological polar surface area (TPSA) is 79.5 Å². The van der Waals surface area contributed by atoms with Gasteiger partial charge in [0.25, 0.3) is 0 Å². The number of hydrogen-bond donors (Lipinski definition) is 1. The molecule has 2 heterocycles. The molecule has 0 radical (unpaired) electrons. The fourth-order valence-corrected chi connectivity index (χ4v) is 2.01. The Morgan fingerprint density at radius 2 is 2.24 bits per heavy atom. The van der Waals surface area contributed by atoms with Crippen molar-refractivity contribution in [1.82, 2.24) is 9.97 Å². The van der Waals surface area contributed by atoms with E-state index in [-0.39, 0.29) is 11.6 Å². The van der Waals surface area contributed by atoms with Gasteiger partial charge in [0, 0.05) is 12.5 Å². The van der Waals surface area contributed by atoms with E-state index in [0.717, 1.165) is 5.76 Å². The number of nitrogens with zero attached hydrogens (tertiary/aromatic N) is 3. The van der Waals surface area contributed by atoms with Gasteiger partial charge in [0.15, 0.2) is 5.69 Å². The average Bonchev–Trinajstić information content (AvgIpc) is 2.97. The molecule has 0 aromatic carbocycles. The van der Waals surface area contributed by atoms with E-state index < -0.39 is 5.97 Å². The Kier molecular flexibility index (Phi) is 4.57. The summed E-state index contributed by atoms with van der Waals surface area (Å²) in [5.74, 6) is 0.329. The summed E-state index contributed by atoms with van der Waals surface area (Å²) < 4.78 is 5.32. The van der Waals surface area contributed by atoms with E-state index in [1.807, 2.05) is 31.7 Å². The smallest absolute Gasteiger partial charge is 0.356 e. The molecule has 112 valence electrons. The SMILES string of the molecule is CCN(Cc1ccco1)c1cnc(C(C)C)nc1C(=O)O. The molecule has 0 aliphatic carbocycles. The first-order chi connectivity index (χ1) is 10.0. The molecule has 0 bridgehead atoms. The molecule has 0 saturated carbocycles. The lowest BCUT2D eigenvalue weighted by Crippen LogP contribution is -2.25. The Labute approximate surface area is 123 Å². The summed E-state index contributed by atoms with van der Waals surface area (Å²) in [6.45, 7) is 6.92. The molecule has 0 aliphatic heterocycles. The highest BCUT2D eigenvalue weighted by Gasteiger charge is 2.20. The van der Waals surface area contributed by atoms with Crippen LogP contribution in [0.1, 0.15) is 48.8 Å². The highest BCUT2D eigenvalue weighted by molar-refractivity contribution is 5.92. The Morgan fingerprint density at radius 3 is 2.76 bits per heavy atom. The summed E-state index contributed by atoms with van der Waals surface area (Å²) in [4.78, 5) is 21.8. The van der Waals surface area contributed by atoms with Gasteiger partial charge in [0.05, 0.1) is 24.7 Å². The van der Waals surface area contributed by atoms with Crippen LogP contribution in [0.3, 0.4) is 0 Å². The van der Waals surface area contributed by atoms with Crippen LogP contribution >= 0.6 is 0 Å². The molecule has 0 unspecified atom stereocenters. The number of carbonyl (C=O) groups is 1. The van der Waals surface area contributed by atoms with Crippen LogP contribution in [-0.2, 0) is 6.54 Å². The summed E-state index contributed by atoms with van der Waals surface area (Å²) in [6.07, 6.45) is 3.18. The first-order valence-electron chi connectivity index (χ1n) is 6.90. The Balaban J connectivity index is 2.38. The van der Waals surface area contributed by atoms with Crippen molar-refractivity contribution in [1.29, 1.82) is 0 Å². The van der Waals surface area contributed by atoms with Crippen LogP contribution in [0.25, 0.3) is 0 Å². The number of carboxylic acids is 1. The van der Waals surface area contributed by atoms with Crippen molar-refractivity contribution < 1.29 is 14.3 Å². The maximum absolute atomic E-state index is 11.5. The van der Waals surface area contributed by atoms with Crippen molar-refractivity contribution in [2.24, 2.45) is 0 Å². The predicted molar refractivity (Wildman–Crippen MR) is 78.5 cm³/mol. The molecule has 0 spiro atoms. The van der Waals surface area contributed by atoms with Crippen LogP contribution in [0.4, 0.5) is 5.69 Å². The summed E-state index contributed by atoms with van der Waals surface area (Å²) in [7, 11) is 0. The summed E-state index contributed by atoms with van der Waals surface area (Å²) in [6, 6.07) is 3.66. The minimum absolute atomic E-state index is 0.0297. The first kappa shape index (κ1) is 15.0. The number of furan rings is 1. The van der Waals surface area contributed by atoms with Crippen LogP contribution in [0, 0.1) is 0 Å². The molecular weight excluding hydrogens is 270 g/mol. The van der Waals surface area contributed by atoms with E-state index in [2.05, 4.69) is 9.97 Å². The van der Waals surface area contributed by atoms with Crippen molar-refractivity contribution in [3.05, 3.63) is 41.9 Å². The van der Waals surface area contributed by atoms with E-state index in [1.165, 1.54) is 0 Å². The molecule has 2 aromatic heterocycles. The Bertz CT molecular complexity index is 609. The minimum Gasteiger partial charge on any atom is -0.476 e. The quantitative estimate of drug-likeness (QED) is 0.880. The third-order valence-electron chi connectivity index (χ3n) is 3.16. The van der Waals surface area contributed by atoms with Gasteiger partial charge in [-0.25, -0.2) is 14.8 Å². The third-order valence-corrected chi connectivity index (χ3v) is 3.16. The second-order valence-corrected chi connectivity index (χ2v) is 5.02. The monoisotopic (exact) mass is 289 g/mol. The van der Waals surface area contributed by atoms with Crippen molar-refractivity contribution in [2.45, 2.75) is 33.2 Å². The zero-order valence-corrected chi connectivity index (χ0v) is 12.4. The van der Waals surface area contributed by atoms with Crippen LogP contribution in [-0.4, -0.2) is 27.6 Å². The number of rotatable bonds is 6. The van der Waals surface area contributed by atoms with E-state index in [4.69, 9.17) is 4.42 Å². The number of anilines is 1. The second kappa shape index (κ2) is 6.39. The molecule has 0 aliphatic rings. The zero-order chi connectivity index (χ0) is 15.4. The van der Waals surface area contributed by atoms with Crippen LogP contribution in [0.15, 0.2) is 29.0 Å². The lowest BCUT2D eigenvalue weighted by atomic mass is 10.2. The van der Waals surface area contributed by atoms with E-state index in [1.54, 1.807) is 18.5 Å². The van der Waals surface area contributed by atoms with Gasteiger partial charge in [-0.05, 0) is 19.1 Å². The normalized spacial score (nSPS) is 10.9. The highest BCUT2D eigenvalue weighted by Crippen LogP contribution is 2.22. The standard InChI is InChI=1S/C15H19N3O3/c1-4-18(9-11-6-5-7-21-11)12-8-16-14(10(2)3)17-13(12)15(19)20/h5-8,10H,4,9H2,1-3H3,(H,19,20). The molecular formula is C15H19N3O3. The van der Waals surface area contributed by atoms with Gasteiger partial charge in [0.2, 0.25) is 0 Å². The lowest BCUT2D eigenvalue weighted by Gasteiger charge is -2.23. The van der Waals surface area contributed by atoms with Gasteiger partial charge in [-0.1, -0.05) is 13.8 Å². The number of carboxylic acid groups (broad SMARTS) is 1. The summed E-state index contributed by atoms with van der Waals surface area (Å²) in [5.41, 5.74) is 0.535. The fraction of sp³-hybridized carbons (Fsp3) is 0.400. The summed E-state index contributed by atoms with van der Waals surface area (Å²) in [5, 5.41) is 9.40. The summed E-state index contributed by atoms with van der Waals surface area (Å²) >= 11 is 0. The van der Waals surface area contributed by atoms with Gasteiger partial charge in [-0.3, -0.25) is 0 Å². The fourth-order valence-electron chi connectivity index (χ4n) is 2.01. The van der Waals surface area contributed by atoms with Gasteiger partial charge in [-0.2, -0.15) is 0 Å². The van der Waals surface area contributed by atoms with E-state index in [0.29, 0.717) is 24.6 Å². The van der Waals surface area contributed by atoms with Gasteiger partial charge < -0.3 is 14.4 Å². The maximum atomic E-state index is 11.5. The number of hydrogen-bond acceptors (Lipinski definition) is 5. The number of aromatic carboxylic acids is 1. The molecule has 0 saturated heterocycles. The van der Waals surface area contributed by atoms with Crippen LogP contribution in [0.5, 0.6) is 0 Å². The van der Waals surface area contributed by atoms with E-state index in [9.17, 15) is 9.90 Å². The van der Waals surface area contributed by atoms with Gasteiger partial charge in [0.1, 0.15) is 11.6 Å². The first-order valence-corrected chi connectivity index (χ1v) is 6.90. The van der Waals surface area contributed by atoms with E-state index >= 15 is 0 Å². The van der Waals surface area contributed by atoms with Gasteiger partial charge in [-0.15, -0.1) is 0 Å². The van der Waals surface area contributed by atoms with Crippen molar-refractivity contribution in [2.75, 3.05) is 11.4 Å². The minimum atomic E-state index is -1.05. The second-order valence-electron chi connectivity index (χ2n) is 5.02. The van der Waals surface area contributed by atoms with Crippen LogP contribution < -0.4 is 4.90 Å². The largest absolute Gasteiger partial charge is 0.476 e. The molecule has 0 fully saturated rings. The maximum Gasteiger partial charge on any atom is 0.356 e. The Hall–Kier alpha value is -2.37. The van der Waals surface area contributed by atoms with Crippen molar-refractivity contribution >= 4 is 11.7 Å². The molecule has 2 rings (SSSR count). The third kappa shape index (κ3) is 3.39. The highest BCUT2D eigenvalue weighted by atomic mass is 16.4. The molecule has 6 heteroatoms. The predicted octanol–water partition coefficient (Wildman–Crippen LogP) is 2.92. The van der Waals surface area contributed by atoms with Crippen molar-refractivity contribution in [3.8, 4) is 0 Å². The molecule has 0 atom stereocenters. The van der Waals surface area contributed by atoms with Crippen LogP contribution in [0.2, 0.25) is 0 Å². The Morgan fingerprint density at radius 1 is 1.48 bits per heavy atom. The molecule has 0 amide bonds. The zero-order valence-electron chi connectivity index (χ0n) is 12.4. The average molecular weight is 289 g/mol. The molecule has 6 nitrogen and oxygen atoms in total. The molecule has 2 aromatic rings. The molecule has 21 heavy (non-hydrogen) atoms. The number of aromatic nitrogens is 2.